The van der Waals surface area contributed by atoms with E-state index in [1.807, 2.05) is 42.5 Å². The number of carbonyl (C=O) groups is 6. The normalized spacial score (nSPS) is 16.6. The van der Waals surface area contributed by atoms with Crippen molar-refractivity contribution in [3.8, 4) is 23.0 Å². The highest BCUT2D eigenvalue weighted by atomic mass is 32.2. The summed E-state index contributed by atoms with van der Waals surface area (Å²) in [5.41, 5.74) is 2.69. The molecule has 0 radical (unpaired) electrons. The summed E-state index contributed by atoms with van der Waals surface area (Å²) in [5.74, 6) is -1.53. The van der Waals surface area contributed by atoms with Gasteiger partial charge in [0.05, 0.1) is 17.8 Å². The molecule has 0 aliphatic carbocycles. The molecule has 0 bridgehead atoms. The number of β-lactam (4-membered cyclic amide) rings is 1. The van der Waals surface area contributed by atoms with Gasteiger partial charge in [-0.1, -0.05) is 42.5 Å². The number of carboxylic acids is 1. The van der Waals surface area contributed by atoms with Crippen LogP contribution in [0.2, 0.25) is 0 Å². The van der Waals surface area contributed by atoms with E-state index in [1.165, 1.54) is 71.4 Å². The number of benzene rings is 4. The Kier molecular flexibility index (Phi) is 11.0. The number of esters is 2. The quantitative estimate of drug-likeness (QED) is 0.0761. The van der Waals surface area contributed by atoms with Crippen molar-refractivity contribution < 1.29 is 52.8 Å². The van der Waals surface area contributed by atoms with Gasteiger partial charge in [0.1, 0.15) is 35.2 Å². The van der Waals surface area contributed by atoms with Crippen molar-refractivity contribution in [2.24, 2.45) is 0 Å². The standard InChI is InChI=1S/C40H33N3O11S2/c1-22(44)52-27-10-14-30-32(17-27)54-33-18-28(53-23(2)45)11-15-31(33)42(30)40(50)51-19-25-8-12-29(13-9-25)55-20-26-21-56-38-35(37(47)43(38)36(26)39(48)49)41-34(46)16-24-6-4-3-5-7-24/h3-15,17-18,35,38H,16,19-21H2,1-2H3,(H,41,46)(H,48,49)/t35-,38-/m1/s1. The number of carboxylic acid groups (broad SMARTS) is 1. The third-order valence-electron chi connectivity index (χ3n) is 8.74. The SMILES string of the molecule is CC(=O)Oc1ccc2c(c1)Oc1cc(OC(C)=O)ccc1N2C(=O)OCc1ccc(SCC2=C(C(=O)O)N3C(=O)[C@@H](NC(=O)Cc4ccccc4)[C@H]3SC2)cc1. The molecular weight excluding hydrogens is 763 g/mol. The molecule has 7 rings (SSSR count). The third-order valence-corrected chi connectivity index (χ3v) is 11.2. The van der Waals surface area contributed by atoms with E-state index in [1.54, 1.807) is 24.3 Å². The molecule has 1 saturated heterocycles. The number of hydrogen-bond donors (Lipinski definition) is 2. The second-order valence-corrected chi connectivity index (χ2v) is 14.9. The highest BCUT2D eigenvalue weighted by Crippen LogP contribution is 2.49. The zero-order valence-corrected chi connectivity index (χ0v) is 31.5. The fourth-order valence-corrected chi connectivity index (χ4v) is 8.67. The van der Waals surface area contributed by atoms with Gasteiger partial charge in [-0.25, -0.2) is 14.5 Å². The first-order valence-corrected chi connectivity index (χ1v) is 19.2. The van der Waals surface area contributed by atoms with Gasteiger partial charge in [-0.15, -0.1) is 23.5 Å². The van der Waals surface area contributed by atoms with Gasteiger partial charge in [0.15, 0.2) is 11.5 Å². The first-order valence-electron chi connectivity index (χ1n) is 17.2. The zero-order chi connectivity index (χ0) is 39.5. The van der Waals surface area contributed by atoms with Crippen molar-refractivity contribution >= 4 is 70.7 Å². The molecule has 56 heavy (non-hydrogen) atoms. The fourth-order valence-electron chi connectivity index (χ4n) is 6.29. The van der Waals surface area contributed by atoms with Gasteiger partial charge < -0.3 is 29.4 Å². The van der Waals surface area contributed by atoms with Gasteiger partial charge in [0.2, 0.25) is 5.91 Å². The summed E-state index contributed by atoms with van der Waals surface area (Å²) in [6, 6.07) is 24.6. The number of rotatable bonds is 11. The fraction of sp³-hybridized carbons (Fsp3) is 0.200. The summed E-state index contributed by atoms with van der Waals surface area (Å²) < 4.78 is 22.1. The number of hydrogen-bond acceptors (Lipinski definition) is 12. The maximum atomic E-state index is 13.6. The Bertz CT molecular complexity index is 2220. The van der Waals surface area contributed by atoms with Crippen LogP contribution in [0, 0.1) is 0 Å². The first-order chi connectivity index (χ1) is 26.9. The minimum Gasteiger partial charge on any atom is -0.477 e. The van der Waals surface area contributed by atoms with Crippen LogP contribution in [0.25, 0.3) is 0 Å². The van der Waals surface area contributed by atoms with Crippen LogP contribution in [0.15, 0.2) is 107 Å². The van der Waals surface area contributed by atoms with Crippen LogP contribution in [0.5, 0.6) is 23.0 Å². The lowest BCUT2D eigenvalue weighted by atomic mass is 10.0. The number of nitrogens with zero attached hydrogens (tertiary/aromatic N) is 2. The molecule has 286 valence electrons. The molecule has 0 aromatic heterocycles. The first kappa shape index (κ1) is 38.0. The maximum Gasteiger partial charge on any atom is 0.419 e. The number of nitrogens with one attached hydrogen (secondary N) is 1. The third kappa shape index (κ3) is 8.21. The second kappa shape index (κ2) is 16.2. The van der Waals surface area contributed by atoms with E-state index in [9.17, 15) is 33.9 Å². The molecule has 2 N–H and O–H groups in total. The Balaban J connectivity index is 0.985. The largest absolute Gasteiger partial charge is 0.477 e. The smallest absolute Gasteiger partial charge is 0.419 e. The summed E-state index contributed by atoms with van der Waals surface area (Å²) in [6.07, 6.45) is -0.611. The van der Waals surface area contributed by atoms with Crippen molar-refractivity contribution in [2.45, 2.75) is 43.2 Å². The minimum atomic E-state index is -1.20. The Morgan fingerprint density at radius 2 is 1.48 bits per heavy atom. The van der Waals surface area contributed by atoms with Crippen molar-refractivity contribution in [3.63, 3.8) is 0 Å². The van der Waals surface area contributed by atoms with Crippen molar-refractivity contribution in [3.05, 3.63) is 113 Å². The van der Waals surface area contributed by atoms with Crippen molar-refractivity contribution in [1.29, 1.82) is 0 Å². The zero-order valence-electron chi connectivity index (χ0n) is 29.9. The lowest BCUT2D eigenvalue weighted by Crippen LogP contribution is -2.70. The molecule has 3 amide bonds. The molecule has 16 heteroatoms. The van der Waals surface area contributed by atoms with Gasteiger partial charge in [-0.3, -0.25) is 24.1 Å². The van der Waals surface area contributed by atoms with Gasteiger partial charge in [-0.05, 0) is 53.1 Å². The monoisotopic (exact) mass is 795 g/mol. The van der Waals surface area contributed by atoms with Crippen LogP contribution >= 0.6 is 23.5 Å². The molecule has 0 unspecified atom stereocenters. The minimum absolute atomic E-state index is 0.0557. The van der Waals surface area contributed by atoms with Gasteiger partial charge in [0.25, 0.3) is 5.91 Å². The van der Waals surface area contributed by atoms with Gasteiger partial charge in [-0.2, -0.15) is 0 Å². The molecule has 0 spiro atoms. The molecule has 4 aromatic rings. The van der Waals surface area contributed by atoms with Gasteiger partial charge >= 0.3 is 24.0 Å². The van der Waals surface area contributed by atoms with Crippen molar-refractivity contribution in [2.75, 3.05) is 16.4 Å². The molecule has 0 saturated carbocycles. The summed E-state index contributed by atoms with van der Waals surface area (Å²) in [6.45, 7) is 2.43. The van der Waals surface area contributed by atoms with Crippen LogP contribution in [0.3, 0.4) is 0 Å². The van der Waals surface area contributed by atoms with Crippen LogP contribution in [-0.2, 0) is 41.7 Å². The molecule has 4 aromatic carbocycles. The Morgan fingerprint density at radius 3 is 2.07 bits per heavy atom. The number of fused-ring (bicyclic) bond motifs is 3. The Labute approximate surface area is 328 Å². The van der Waals surface area contributed by atoms with Crippen LogP contribution in [0.4, 0.5) is 16.2 Å². The number of carbonyl (C=O) groups excluding carboxylic acids is 5. The second-order valence-electron chi connectivity index (χ2n) is 12.7. The summed E-state index contributed by atoms with van der Waals surface area (Å²) in [4.78, 5) is 78.2. The number of anilines is 2. The summed E-state index contributed by atoms with van der Waals surface area (Å²) in [7, 11) is 0. The Morgan fingerprint density at radius 1 is 0.857 bits per heavy atom. The molecule has 1 fully saturated rings. The van der Waals surface area contributed by atoms with Gasteiger partial charge in [0, 0.05) is 42.4 Å². The molecular formula is C40H33N3O11S2. The predicted molar refractivity (Wildman–Crippen MR) is 205 cm³/mol. The van der Waals surface area contributed by atoms with E-state index in [-0.39, 0.29) is 47.6 Å². The molecule has 3 aliphatic heterocycles. The summed E-state index contributed by atoms with van der Waals surface area (Å²) in [5, 5.41) is 12.4. The number of aliphatic carboxylic acids is 1. The number of thioether (sulfide) groups is 2. The summed E-state index contributed by atoms with van der Waals surface area (Å²) >= 11 is 2.82. The number of amides is 3. The van der Waals surface area contributed by atoms with Crippen LogP contribution in [0.1, 0.15) is 25.0 Å². The van der Waals surface area contributed by atoms with E-state index >= 15 is 0 Å². The van der Waals surface area contributed by atoms with Crippen molar-refractivity contribution in [1.82, 2.24) is 10.2 Å². The highest BCUT2D eigenvalue weighted by molar-refractivity contribution is 8.01. The average molecular weight is 796 g/mol. The van der Waals surface area contributed by atoms with E-state index < -0.39 is 41.3 Å². The van der Waals surface area contributed by atoms with E-state index in [2.05, 4.69) is 5.32 Å². The van der Waals surface area contributed by atoms with E-state index in [0.29, 0.717) is 34.0 Å². The predicted octanol–water partition coefficient (Wildman–Crippen LogP) is 6.19. The van der Waals surface area contributed by atoms with E-state index in [4.69, 9.17) is 18.9 Å². The van der Waals surface area contributed by atoms with Crippen LogP contribution < -0.4 is 24.4 Å². The maximum absolute atomic E-state index is 13.6. The molecule has 2 atom stereocenters. The lowest BCUT2D eigenvalue weighted by molar-refractivity contribution is -0.150. The molecule has 3 heterocycles. The van der Waals surface area contributed by atoms with Crippen LogP contribution in [-0.4, -0.2) is 68.7 Å². The molecule has 14 nitrogen and oxygen atoms in total. The number of ether oxygens (including phenoxy) is 4. The highest BCUT2D eigenvalue weighted by Gasteiger charge is 2.54. The topological polar surface area (TPSA) is 178 Å². The molecule has 3 aliphatic rings. The average Bonchev–Trinajstić information content (AvgIpc) is 3.17. The lowest BCUT2D eigenvalue weighted by Gasteiger charge is -2.49. The van der Waals surface area contributed by atoms with E-state index in [0.717, 1.165) is 10.5 Å². The Hall–Kier alpha value is -6.26.